The number of carbonyl (C=O) groups excluding carboxylic acids is 1. The maximum atomic E-state index is 12.9. The molecular weight excluding hydrogens is 439 g/mol. The molecule has 2 heterocycles. The topological polar surface area (TPSA) is 81.4 Å². The third-order valence-electron chi connectivity index (χ3n) is 4.45. The molecule has 0 saturated heterocycles. The zero-order valence-electron chi connectivity index (χ0n) is 16.3. The van der Waals surface area contributed by atoms with Crippen molar-refractivity contribution >= 4 is 63.0 Å². The molecule has 0 aliphatic heterocycles. The van der Waals surface area contributed by atoms with Crippen molar-refractivity contribution in [1.29, 1.82) is 0 Å². The van der Waals surface area contributed by atoms with Crippen molar-refractivity contribution in [3.05, 3.63) is 86.3 Å². The Balaban J connectivity index is 1.81. The maximum absolute atomic E-state index is 12.9. The van der Waals surface area contributed by atoms with Gasteiger partial charge in [0.05, 0.1) is 28.6 Å². The molecule has 0 bridgehead atoms. The molecule has 4 aromatic rings. The molecule has 2 aromatic carbocycles. The average molecular weight is 455 g/mol. The number of anilines is 1. The van der Waals surface area contributed by atoms with E-state index in [1.165, 1.54) is 6.07 Å². The first-order valence-electron chi connectivity index (χ1n) is 9.39. The van der Waals surface area contributed by atoms with E-state index in [9.17, 15) is 9.59 Å². The molecule has 0 radical (unpaired) electrons. The smallest absolute Gasteiger partial charge is 0.340 e. The molecule has 0 atom stereocenters. The first-order valence-corrected chi connectivity index (χ1v) is 10.1. The second kappa shape index (κ2) is 8.79. The first-order chi connectivity index (χ1) is 15.0. The number of pyridine rings is 1. The van der Waals surface area contributed by atoms with Crippen LogP contribution in [-0.4, -0.2) is 17.6 Å². The first kappa shape index (κ1) is 20.9. The fourth-order valence-corrected chi connectivity index (χ4v) is 3.62. The van der Waals surface area contributed by atoms with Gasteiger partial charge in [-0.15, -0.1) is 0 Å². The lowest BCUT2D eigenvalue weighted by molar-refractivity contribution is 0.0526. The minimum atomic E-state index is -0.588. The van der Waals surface area contributed by atoms with E-state index in [2.05, 4.69) is 10.3 Å². The van der Waals surface area contributed by atoms with E-state index in [0.717, 1.165) is 0 Å². The second-order valence-corrected chi connectivity index (χ2v) is 7.43. The van der Waals surface area contributed by atoms with Gasteiger partial charge in [0.1, 0.15) is 5.58 Å². The van der Waals surface area contributed by atoms with Crippen LogP contribution in [0.2, 0.25) is 10.0 Å². The van der Waals surface area contributed by atoms with Crippen molar-refractivity contribution in [3.8, 4) is 0 Å². The number of nitrogens with one attached hydrogen (secondary N) is 1. The summed E-state index contributed by atoms with van der Waals surface area (Å²) in [5.74, 6) is -0.588. The van der Waals surface area contributed by atoms with Gasteiger partial charge in [0.15, 0.2) is 0 Å². The molecule has 156 valence electrons. The fourth-order valence-electron chi connectivity index (χ4n) is 3.10. The predicted octanol–water partition coefficient (Wildman–Crippen LogP) is 5.91. The Bertz CT molecular complexity index is 1380. The second-order valence-electron chi connectivity index (χ2n) is 6.56. The lowest BCUT2D eigenvalue weighted by Gasteiger charge is -2.08. The molecule has 8 heteroatoms. The third-order valence-corrected chi connectivity index (χ3v) is 4.89. The van der Waals surface area contributed by atoms with E-state index < -0.39 is 5.97 Å². The summed E-state index contributed by atoms with van der Waals surface area (Å²) in [4.78, 5) is 29.8. The summed E-state index contributed by atoms with van der Waals surface area (Å²) in [7, 11) is 0. The molecule has 2 aromatic heterocycles. The average Bonchev–Trinajstić information content (AvgIpc) is 2.73. The van der Waals surface area contributed by atoms with E-state index in [4.69, 9.17) is 32.4 Å². The summed E-state index contributed by atoms with van der Waals surface area (Å²) in [5.41, 5.74) is 1.37. The molecule has 0 unspecified atom stereocenters. The number of aromatic nitrogens is 1. The Kier molecular flexibility index (Phi) is 5.93. The molecule has 6 nitrogen and oxygen atoms in total. The zero-order valence-corrected chi connectivity index (χ0v) is 17.8. The molecule has 31 heavy (non-hydrogen) atoms. The largest absolute Gasteiger partial charge is 0.462 e. The molecular formula is C23H16Cl2N2O4. The number of hydrogen-bond donors (Lipinski definition) is 1. The van der Waals surface area contributed by atoms with Crippen molar-refractivity contribution in [2.75, 3.05) is 11.9 Å². The van der Waals surface area contributed by atoms with Gasteiger partial charge < -0.3 is 14.5 Å². The van der Waals surface area contributed by atoms with Crippen LogP contribution in [0.4, 0.5) is 5.69 Å². The minimum Gasteiger partial charge on any atom is -0.462 e. The van der Waals surface area contributed by atoms with Crippen LogP contribution >= 0.6 is 23.2 Å². The van der Waals surface area contributed by atoms with Crippen LogP contribution < -0.4 is 10.7 Å². The Morgan fingerprint density at radius 1 is 1.13 bits per heavy atom. The Hall–Kier alpha value is -3.35. The Labute approximate surface area is 187 Å². The molecule has 0 spiro atoms. The van der Waals surface area contributed by atoms with E-state index in [0.29, 0.717) is 26.7 Å². The van der Waals surface area contributed by atoms with Crippen LogP contribution in [0.3, 0.4) is 0 Å². The highest BCUT2D eigenvalue weighted by molar-refractivity contribution is 6.35. The lowest BCUT2D eigenvalue weighted by Crippen LogP contribution is -2.11. The molecule has 0 amide bonds. The van der Waals surface area contributed by atoms with E-state index in [1.54, 1.807) is 61.7 Å². The summed E-state index contributed by atoms with van der Waals surface area (Å²) in [6, 6.07) is 13.3. The quantitative estimate of drug-likeness (QED) is 0.298. The van der Waals surface area contributed by atoms with Crippen molar-refractivity contribution in [2.45, 2.75) is 6.92 Å². The fraction of sp³-hybridized carbons (Fsp3) is 0.0870. The van der Waals surface area contributed by atoms with Gasteiger partial charge in [0, 0.05) is 21.9 Å². The molecule has 0 aliphatic carbocycles. The predicted molar refractivity (Wildman–Crippen MR) is 123 cm³/mol. The summed E-state index contributed by atoms with van der Waals surface area (Å²) >= 11 is 12.0. The van der Waals surface area contributed by atoms with Crippen LogP contribution in [0.1, 0.15) is 23.0 Å². The molecule has 4 rings (SSSR count). The lowest BCUT2D eigenvalue weighted by atomic mass is 10.1. The number of benzene rings is 2. The normalized spacial score (nSPS) is 11.3. The SMILES string of the molecule is CCOC(=O)c1cc2c(=O)c3ccccc3oc2nc1C=CNc1cc(Cl)cc(Cl)c1. The van der Waals surface area contributed by atoms with Crippen molar-refractivity contribution in [1.82, 2.24) is 4.98 Å². The van der Waals surface area contributed by atoms with Crippen molar-refractivity contribution in [2.24, 2.45) is 0 Å². The highest BCUT2D eigenvalue weighted by Crippen LogP contribution is 2.24. The highest BCUT2D eigenvalue weighted by Gasteiger charge is 2.18. The van der Waals surface area contributed by atoms with Gasteiger partial charge in [-0.2, -0.15) is 0 Å². The number of para-hydroxylation sites is 1. The van der Waals surface area contributed by atoms with E-state index >= 15 is 0 Å². The van der Waals surface area contributed by atoms with Crippen LogP contribution in [0.15, 0.2) is 63.9 Å². The standard InChI is InChI=1S/C23H16Cl2N2O4/c1-2-30-23(29)17-12-18-21(28)16-5-3-4-6-20(16)31-22(18)27-19(17)7-8-26-15-10-13(24)9-14(25)11-15/h3-12,26H,2H2,1H3. The monoisotopic (exact) mass is 454 g/mol. The van der Waals surface area contributed by atoms with Gasteiger partial charge >= 0.3 is 5.97 Å². The third kappa shape index (κ3) is 4.40. The maximum Gasteiger partial charge on any atom is 0.340 e. The highest BCUT2D eigenvalue weighted by atomic mass is 35.5. The van der Waals surface area contributed by atoms with Crippen LogP contribution in [0.25, 0.3) is 28.1 Å². The number of hydrogen-bond acceptors (Lipinski definition) is 6. The number of nitrogens with zero attached hydrogens (tertiary/aromatic N) is 1. The Morgan fingerprint density at radius 2 is 1.87 bits per heavy atom. The summed E-state index contributed by atoms with van der Waals surface area (Å²) in [5, 5.41) is 4.60. The summed E-state index contributed by atoms with van der Waals surface area (Å²) < 4.78 is 10.9. The number of rotatable bonds is 5. The number of halogens is 2. The number of fused-ring (bicyclic) bond motifs is 2. The van der Waals surface area contributed by atoms with Gasteiger partial charge in [0.25, 0.3) is 0 Å². The Morgan fingerprint density at radius 3 is 2.61 bits per heavy atom. The van der Waals surface area contributed by atoms with Gasteiger partial charge in [0.2, 0.25) is 11.1 Å². The van der Waals surface area contributed by atoms with Gasteiger partial charge in [-0.1, -0.05) is 35.3 Å². The van der Waals surface area contributed by atoms with Crippen molar-refractivity contribution < 1.29 is 13.9 Å². The molecule has 0 aliphatic rings. The van der Waals surface area contributed by atoms with Crippen molar-refractivity contribution in [3.63, 3.8) is 0 Å². The van der Waals surface area contributed by atoms with E-state index in [-0.39, 0.29) is 34.4 Å². The van der Waals surface area contributed by atoms with Gasteiger partial charge in [-0.3, -0.25) is 4.79 Å². The van der Waals surface area contributed by atoms with E-state index in [1.807, 2.05) is 0 Å². The van der Waals surface area contributed by atoms with Crippen LogP contribution in [0, 0.1) is 0 Å². The number of carbonyl (C=O) groups is 1. The number of ether oxygens (including phenoxy) is 1. The van der Waals surface area contributed by atoms with Gasteiger partial charge in [-0.25, -0.2) is 9.78 Å². The van der Waals surface area contributed by atoms with Crippen LogP contribution in [0.5, 0.6) is 0 Å². The molecule has 1 N–H and O–H groups in total. The molecule has 0 saturated carbocycles. The number of esters is 1. The minimum absolute atomic E-state index is 0.127. The zero-order chi connectivity index (χ0) is 22.0. The van der Waals surface area contributed by atoms with Gasteiger partial charge in [-0.05, 0) is 49.4 Å². The summed E-state index contributed by atoms with van der Waals surface area (Å²) in [6.07, 6.45) is 3.16. The van der Waals surface area contributed by atoms with Crippen LogP contribution in [-0.2, 0) is 4.74 Å². The summed E-state index contributed by atoms with van der Waals surface area (Å²) in [6.45, 7) is 1.89. The molecule has 0 fully saturated rings.